The molecule has 0 unspecified atom stereocenters. The fraction of sp³-hybridized carbons (Fsp3) is 0.192. The number of nitrogens with one attached hydrogen (secondary N) is 4. The minimum Gasteiger partial charge on any atom is -0.326 e. The van der Waals surface area contributed by atoms with Crippen LogP contribution >= 0.6 is 0 Å². The molecule has 1 aliphatic rings. The summed E-state index contributed by atoms with van der Waals surface area (Å²) in [6.07, 6.45) is 0.855. The zero-order valence-corrected chi connectivity index (χ0v) is 20.4. The number of sulfonamides is 1. The van der Waals surface area contributed by atoms with Gasteiger partial charge in [0, 0.05) is 30.4 Å². The number of carbonyl (C=O) groups is 3. The van der Waals surface area contributed by atoms with Crippen LogP contribution in [0.4, 0.5) is 17.1 Å². The summed E-state index contributed by atoms with van der Waals surface area (Å²) < 4.78 is 29.1. The van der Waals surface area contributed by atoms with E-state index in [4.69, 9.17) is 0 Å². The summed E-state index contributed by atoms with van der Waals surface area (Å²) in [5, 5.41) is 8.12. The largest absolute Gasteiger partial charge is 0.326 e. The van der Waals surface area contributed by atoms with E-state index in [-0.39, 0.29) is 29.6 Å². The van der Waals surface area contributed by atoms with Crippen molar-refractivity contribution in [3.63, 3.8) is 0 Å². The van der Waals surface area contributed by atoms with Gasteiger partial charge >= 0.3 is 0 Å². The molecule has 0 aliphatic carbocycles. The van der Waals surface area contributed by atoms with Gasteiger partial charge in [-0.15, -0.1) is 0 Å². The highest BCUT2D eigenvalue weighted by Gasteiger charge is 2.27. The quantitative estimate of drug-likeness (QED) is 0.373. The number of rotatable bonds is 8. The molecule has 186 valence electrons. The monoisotopic (exact) mass is 506 g/mol. The first-order valence-electron chi connectivity index (χ1n) is 11.4. The third kappa shape index (κ3) is 6.35. The predicted molar refractivity (Wildman–Crippen MR) is 137 cm³/mol. The molecule has 0 bridgehead atoms. The summed E-state index contributed by atoms with van der Waals surface area (Å²) in [7, 11) is -4.06. The molecule has 36 heavy (non-hydrogen) atoms. The smallest absolute Gasteiger partial charge is 0.242 e. The van der Waals surface area contributed by atoms with Crippen molar-refractivity contribution in [1.29, 1.82) is 0 Å². The summed E-state index contributed by atoms with van der Waals surface area (Å²) in [5.74, 6) is -0.852. The molecule has 3 aromatic rings. The Bertz CT molecular complexity index is 1390. The van der Waals surface area contributed by atoms with E-state index < -0.39 is 22.0 Å². The Morgan fingerprint density at radius 3 is 2.25 bits per heavy atom. The summed E-state index contributed by atoms with van der Waals surface area (Å²) in [6, 6.07) is 19.0. The van der Waals surface area contributed by atoms with E-state index in [0.717, 1.165) is 11.1 Å². The van der Waals surface area contributed by atoms with Crippen LogP contribution in [-0.4, -0.2) is 32.2 Å². The van der Waals surface area contributed by atoms with Gasteiger partial charge in [0.1, 0.15) is 6.04 Å². The van der Waals surface area contributed by atoms with Gasteiger partial charge in [0.05, 0.1) is 4.90 Å². The molecule has 9 nitrogen and oxygen atoms in total. The van der Waals surface area contributed by atoms with Crippen LogP contribution in [-0.2, 0) is 37.2 Å². The van der Waals surface area contributed by atoms with Gasteiger partial charge in [-0.3, -0.25) is 14.4 Å². The molecule has 0 spiro atoms. The number of hydrogen-bond donors (Lipinski definition) is 4. The maximum atomic E-state index is 13.3. The molecule has 10 heteroatoms. The first-order chi connectivity index (χ1) is 17.2. The Balaban J connectivity index is 1.55. The molecule has 1 heterocycles. The number of amides is 3. The van der Waals surface area contributed by atoms with Crippen molar-refractivity contribution in [3.05, 3.63) is 83.9 Å². The van der Waals surface area contributed by atoms with E-state index in [9.17, 15) is 22.8 Å². The minimum absolute atomic E-state index is 0.0166. The topological polar surface area (TPSA) is 133 Å². The zero-order chi connectivity index (χ0) is 25.7. The standard InChI is InChI=1S/C26H26N4O5S/c1-17(31)27-20-8-10-21(11-9-20)28-26(33)24(15-18-5-3-2-4-6-18)30-36(34,35)22-12-13-23-19(16-22)7-14-25(32)29-23/h2-6,8-13,16,24,30H,7,14-15H2,1H3,(H,27,31)(H,28,33)(H,29,32)/t24-/m1/s1. The summed E-state index contributed by atoms with van der Waals surface area (Å²) in [6.45, 7) is 1.40. The Morgan fingerprint density at radius 2 is 1.58 bits per heavy atom. The molecule has 0 saturated carbocycles. The second-order valence-corrected chi connectivity index (χ2v) is 10.2. The van der Waals surface area contributed by atoms with Gasteiger partial charge in [-0.1, -0.05) is 30.3 Å². The molecular formula is C26H26N4O5S. The Kier molecular flexibility index (Phi) is 7.47. The SMILES string of the molecule is CC(=O)Nc1ccc(NC(=O)[C@@H](Cc2ccccc2)NS(=O)(=O)c2ccc3c(c2)CCC(=O)N3)cc1. The van der Waals surface area contributed by atoms with Crippen LogP contribution in [0, 0.1) is 0 Å². The molecule has 1 aliphatic heterocycles. The molecule has 0 saturated heterocycles. The molecule has 4 N–H and O–H groups in total. The molecule has 3 aromatic carbocycles. The van der Waals surface area contributed by atoms with Gasteiger partial charge in [0.15, 0.2) is 0 Å². The van der Waals surface area contributed by atoms with Crippen molar-refractivity contribution >= 4 is 44.8 Å². The predicted octanol–water partition coefficient (Wildman–Crippen LogP) is 3.06. The lowest BCUT2D eigenvalue weighted by atomic mass is 10.0. The Hall–Kier alpha value is -4.02. The van der Waals surface area contributed by atoms with Crippen LogP contribution in [0.15, 0.2) is 77.7 Å². The number of fused-ring (bicyclic) bond motifs is 1. The highest BCUT2D eigenvalue weighted by Crippen LogP contribution is 2.26. The van der Waals surface area contributed by atoms with Crippen LogP contribution in [0.2, 0.25) is 0 Å². The fourth-order valence-electron chi connectivity index (χ4n) is 3.89. The number of anilines is 3. The van der Waals surface area contributed by atoms with Gasteiger partial charge in [-0.05, 0) is 66.4 Å². The molecule has 4 rings (SSSR count). The van der Waals surface area contributed by atoms with E-state index in [1.54, 1.807) is 30.3 Å². The van der Waals surface area contributed by atoms with Crippen LogP contribution in [0.5, 0.6) is 0 Å². The average molecular weight is 507 g/mol. The second-order valence-electron chi connectivity index (χ2n) is 8.48. The number of carbonyl (C=O) groups excluding carboxylic acids is 3. The third-order valence-electron chi connectivity index (χ3n) is 5.65. The average Bonchev–Trinajstić information content (AvgIpc) is 2.84. The Labute approximate surface area is 209 Å². The molecule has 0 fully saturated rings. The van der Waals surface area contributed by atoms with Crippen molar-refractivity contribution in [2.75, 3.05) is 16.0 Å². The second kappa shape index (κ2) is 10.7. The van der Waals surface area contributed by atoms with Crippen LogP contribution in [0.1, 0.15) is 24.5 Å². The maximum absolute atomic E-state index is 13.3. The van der Waals surface area contributed by atoms with Crippen LogP contribution < -0.4 is 20.7 Å². The summed E-state index contributed by atoms with van der Waals surface area (Å²) in [5.41, 5.74) is 3.13. The van der Waals surface area contributed by atoms with Gasteiger partial charge in [-0.2, -0.15) is 4.72 Å². The molecule has 3 amide bonds. The minimum atomic E-state index is -4.06. The van der Waals surface area contributed by atoms with E-state index >= 15 is 0 Å². The first kappa shape index (κ1) is 25.1. The molecule has 1 atom stereocenters. The zero-order valence-electron chi connectivity index (χ0n) is 19.6. The van der Waals surface area contributed by atoms with E-state index in [1.165, 1.54) is 19.1 Å². The third-order valence-corrected chi connectivity index (χ3v) is 7.12. The summed E-state index contributed by atoms with van der Waals surface area (Å²) in [4.78, 5) is 36.0. The van der Waals surface area contributed by atoms with Gasteiger partial charge in [0.2, 0.25) is 27.7 Å². The first-order valence-corrected chi connectivity index (χ1v) is 12.9. The van der Waals surface area contributed by atoms with Gasteiger partial charge < -0.3 is 16.0 Å². The van der Waals surface area contributed by atoms with E-state index in [2.05, 4.69) is 20.7 Å². The van der Waals surface area contributed by atoms with Crippen molar-refractivity contribution < 1.29 is 22.8 Å². The van der Waals surface area contributed by atoms with Crippen molar-refractivity contribution in [3.8, 4) is 0 Å². The number of benzene rings is 3. The van der Waals surface area contributed by atoms with Crippen molar-refractivity contribution in [1.82, 2.24) is 4.72 Å². The van der Waals surface area contributed by atoms with Gasteiger partial charge in [0.25, 0.3) is 0 Å². The van der Waals surface area contributed by atoms with Crippen molar-refractivity contribution in [2.24, 2.45) is 0 Å². The highest BCUT2D eigenvalue weighted by molar-refractivity contribution is 7.89. The number of hydrogen-bond acceptors (Lipinski definition) is 5. The van der Waals surface area contributed by atoms with E-state index in [0.29, 0.717) is 23.5 Å². The number of aryl methyl sites for hydroxylation is 1. The molecule has 0 radical (unpaired) electrons. The molecular weight excluding hydrogens is 480 g/mol. The summed E-state index contributed by atoms with van der Waals surface area (Å²) >= 11 is 0. The lowest BCUT2D eigenvalue weighted by molar-refractivity contribution is -0.118. The van der Waals surface area contributed by atoms with Crippen LogP contribution in [0.25, 0.3) is 0 Å². The lowest BCUT2D eigenvalue weighted by Crippen LogP contribution is -2.45. The van der Waals surface area contributed by atoms with E-state index in [1.807, 2.05) is 30.3 Å². The fourth-order valence-corrected chi connectivity index (χ4v) is 5.14. The normalized spacial score (nSPS) is 13.8. The molecule has 0 aromatic heterocycles. The van der Waals surface area contributed by atoms with Crippen molar-refractivity contribution in [2.45, 2.75) is 37.1 Å². The Morgan fingerprint density at radius 1 is 0.917 bits per heavy atom. The highest BCUT2D eigenvalue weighted by atomic mass is 32.2. The van der Waals surface area contributed by atoms with Gasteiger partial charge in [-0.25, -0.2) is 8.42 Å². The maximum Gasteiger partial charge on any atom is 0.242 e. The lowest BCUT2D eigenvalue weighted by Gasteiger charge is -2.21. The van der Waals surface area contributed by atoms with Crippen LogP contribution in [0.3, 0.4) is 0 Å².